The number of imidazole rings is 1. The van der Waals surface area contributed by atoms with Gasteiger partial charge in [0.2, 0.25) is 5.95 Å². The van der Waals surface area contributed by atoms with Crippen LogP contribution in [0.4, 0.5) is 17.5 Å². The second kappa shape index (κ2) is 8.96. The molecule has 4 aromatic rings. The highest BCUT2D eigenvalue weighted by atomic mass is 15.2. The van der Waals surface area contributed by atoms with Crippen LogP contribution in [0.3, 0.4) is 0 Å². The van der Waals surface area contributed by atoms with Crippen molar-refractivity contribution in [2.45, 2.75) is 12.8 Å². The molecule has 1 aliphatic rings. The zero-order valence-corrected chi connectivity index (χ0v) is 18.6. The highest BCUT2D eigenvalue weighted by molar-refractivity contribution is 5.95. The fourth-order valence-electron chi connectivity index (χ4n) is 4.32. The Labute approximate surface area is 188 Å². The number of hydrogen-bond donors (Lipinski definition) is 2. The summed E-state index contributed by atoms with van der Waals surface area (Å²) in [6.07, 6.45) is 6.08. The summed E-state index contributed by atoms with van der Waals surface area (Å²) in [5.41, 5.74) is 5.42. The summed E-state index contributed by atoms with van der Waals surface area (Å²) < 4.78 is 2.06. The Bertz CT molecular complexity index is 1200. The summed E-state index contributed by atoms with van der Waals surface area (Å²) in [5, 5.41) is 6.86. The van der Waals surface area contributed by atoms with Gasteiger partial charge in [0.15, 0.2) is 0 Å². The molecule has 3 heterocycles. The van der Waals surface area contributed by atoms with Crippen LogP contribution in [-0.4, -0.2) is 46.2 Å². The maximum atomic E-state index is 4.79. The van der Waals surface area contributed by atoms with Gasteiger partial charge in [-0.1, -0.05) is 30.3 Å². The van der Waals surface area contributed by atoms with Crippen molar-refractivity contribution in [3.05, 3.63) is 61.1 Å². The lowest BCUT2D eigenvalue weighted by atomic mass is 9.98. The Hall–Kier alpha value is -3.45. The van der Waals surface area contributed by atoms with Gasteiger partial charge in [-0.05, 0) is 55.6 Å². The van der Waals surface area contributed by atoms with E-state index in [2.05, 4.69) is 66.5 Å². The molecule has 1 saturated heterocycles. The van der Waals surface area contributed by atoms with Gasteiger partial charge in [0, 0.05) is 38.1 Å². The van der Waals surface area contributed by atoms with Gasteiger partial charge < -0.3 is 20.1 Å². The first-order valence-electron chi connectivity index (χ1n) is 11.2. The molecule has 0 radical (unpaired) electrons. The number of benzene rings is 2. The molecule has 0 saturated carbocycles. The molecule has 0 bridgehead atoms. The van der Waals surface area contributed by atoms with Crippen LogP contribution in [0.5, 0.6) is 0 Å². The number of nitrogens with zero attached hydrogens (tertiary/aromatic N) is 5. The quantitative estimate of drug-likeness (QED) is 0.480. The Morgan fingerprint density at radius 3 is 2.72 bits per heavy atom. The van der Waals surface area contributed by atoms with E-state index < -0.39 is 0 Å². The van der Waals surface area contributed by atoms with E-state index in [9.17, 15) is 0 Å². The van der Waals surface area contributed by atoms with E-state index in [1.165, 1.54) is 12.8 Å². The van der Waals surface area contributed by atoms with Crippen molar-refractivity contribution < 1.29 is 0 Å². The predicted molar refractivity (Wildman–Crippen MR) is 130 cm³/mol. The summed E-state index contributed by atoms with van der Waals surface area (Å²) in [6.45, 7) is 3.10. The topological polar surface area (TPSA) is 70.9 Å². The van der Waals surface area contributed by atoms with Crippen LogP contribution >= 0.6 is 0 Å². The summed E-state index contributed by atoms with van der Waals surface area (Å²) in [7, 11) is 4.08. The molecule has 0 aliphatic carbocycles. The highest BCUT2D eigenvalue weighted by Crippen LogP contribution is 2.34. The molecule has 2 aromatic carbocycles. The van der Waals surface area contributed by atoms with Gasteiger partial charge in [-0.2, -0.15) is 4.98 Å². The molecule has 5 rings (SSSR count). The first-order chi connectivity index (χ1) is 15.7. The summed E-state index contributed by atoms with van der Waals surface area (Å²) in [6, 6.07) is 16.7. The van der Waals surface area contributed by atoms with E-state index in [-0.39, 0.29) is 0 Å². The minimum Gasteiger partial charge on any atom is -0.354 e. The number of nitrogens with one attached hydrogen (secondary N) is 2. The third-order valence-corrected chi connectivity index (χ3v) is 6.28. The van der Waals surface area contributed by atoms with Crippen molar-refractivity contribution >= 4 is 28.5 Å². The van der Waals surface area contributed by atoms with E-state index in [0.717, 1.165) is 53.3 Å². The molecule has 1 aliphatic heterocycles. The fraction of sp³-hybridized carbons (Fsp3) is 0.320. The van der Waals surface area contributed by atoms with Gasteiger partial charge in [-0.3, -0.25) is 0 Å². The largest absolute Gasteiger partial charge is 0.354 e. The van der Waals surface area contributed by atoms with E-state index in [4.69, 9.17) is 4.98 Å². The van der Waals surface area contributed by atoms with Crippen LogP contribution < -0.4 is 15.5 Å². The molecular weight excluding hydrogens is 398 g/mol. The fourth-order valence-corrected chi connectivity index (χ4v) is 4.32. The Morgan fingerprint density at radius 1 is 1.09 bits per heavy atom. The highest BCUT2D eigenvalue weighted by Gasteiger charge is 2.16. The van der Waals surface area contributed by atoms with Crippen LogP contribution in [0.1, 0.15) is 12.8 Å². The molecular formula is C25H29N7. The average Bonchev–Trinajstić information content (AvgIpc) is 3.23. The number of piperidine rings is 1. The first-order valence-corrected chi connectivity index (χ1v) is 11.2. The number of aromatic nitrogens is 4. The Balaban J connectivity index is 1.44. The summed E-state index contributed by atoms with van der Waals surface area (Å²) in [5.74, 6) is 2.20. The first kappa shape index (κ1) is 20.5. The van der Waals surface area contributed by atoms with Crippen LogP contribution in [0.2, 0.25) is 0 Å². The van der Waals surface area contributed by atoms with Crippen molar-refractivity contribution in [2.75, 3.05) is 36.9 Å². The minimum atomic E-state index is 0.668. The number of rotatable bonds is 6. The van der Waals surface area contributed by atoms with E-state index in [0.29, 0.717) is 11.9 Å². The zero-order valence-electron chi connectivity index (χ0n) is 18.6. The Morgan fingerprint density at radius 2 is 1.91 bits per heavy atom. The van der Waals surface area contributed by atoms with Crippen molar-refractivity contribution in [3.8, 4) is 11.1 Å². The van der Waals surface area contributed by atoms with Crippen molar-refractivity contribution in [3.63, 3.8) is 0 Å². The van der Waals surface area contributed by atoms with Crippen molar-refractivity contribution in [2.24, 2.45) is 13.0 Å². The predicted octanol–water partition coefficient (Wildman–Crippen LogP) is 4.21. The number of anilines is 3. The molecule has 0 spiro atoms. The summed E-state index contributed by atoms with van der Waals surface area (Å²) >= 11 is 0. The van der Waals surface area contributed by atoms with E-state index >= 15 is 0 Å². The second-order valence-corrected chi connectivity index (χ2v) is 8.45. The summed E-state index contributed by atoms with van der Waals surface area (Å²) in [4.78, 5) is 16.0. The van der Waals surface area contributed by atoms with Gasteiger partial charge >= 0.3 is 0 Å². The molecule has 0 atom stereocenters. The van der Waals surface area contributed by atoms with Crippen molar-refractivity contribution in [1.82, 2.24) is 24.8 Å². The minimum absolute atomic E-state index is 0.668. The van der Waals surface area contributed by atoms with Gasteiger partial charge in [0.25, 0.3) is 0 Å². The number of fused-ring (bicyclic) bond motifs is 1. The number of aryl methyl sites for hydroxylation is 1. The third kappa shape index (κ3) is 4.16. The SMILES string of the molecule is CN(c1cc(-c2ccccc2)c2ncn(C)c2c1)c1ccnc(NCC2CCNCC2)n1. The lowest BCUT2D eigenvalue weighted by molar-refractivity contribution is 0.389. The maximum Gasteiger partial charge on any atom is 0.224 e. The lowest BCUT2D eigenvalue weighted by Gasteiger charge is -2.23. The molecule has 1 fully saturated rings. The molecule has 164 valence electrons. The molecule has 32 heavy (non-hydrogen) atoms. The van der Waals surface area contributed by atoms with Crippen LogP contribution in [0.25, 0.3) is 22.2 Å². The number of hydrogen-bond acceptors (Lipinski definition) is 6. The molecule has 0 amide bonds. The molecule has 7 nitrogen and oxygen atoms in total. The van der Waals surface area contributed by atoms with Gasteiger partial charge in [0.05, 0.1) is 17.4 Å². The smallest absolute Gasteiger partial charge is 0.224 e. The van der Waals surface area contributed by atoms with Crippen LogP contribution in [-0.2, 0) is 7.05 Å². The van der Waals surface area contributed by atoms with E-state index in [1.807, 2.05) is 38.8 Å². The van der Waals surface area contributed by atoms with Gasteiger partial charge in [0.1, 0.15) is 5.82 Å². The molecule has 2 aromatic heterocycles. The monoisotopic (exact) mass is 427 g/mol. The molecule has 0 unspecified atom stereocenters. The zero-order chi connectivity index (χ0) is 21.9. The van der Waals surface area contributed by atoms with Gasteiger partial charge in [-0.25, -0.2) is 9.97 Å². The van der Waals surface area contributed by atoms with Crippen molar-refractivity contribution in [1.29, 1.82) is 0 Å². The molecule has 7 heteroatoms. The average molecular weight is 428 g/mol. The Kier molecular flexibility index (Phi) is 5.73. The van der Waals surface area contributed by atoms with Crippen LogP contribution in [0, 0.1) is 5.92 Å². The second-order valence-electron chi connectivity index (χ2n) is 8.45. The lowest BCUT2D eigenvalue weighted by Crippen LogP contribution is -2.31. The maximum absolute atomic E-state index is 4.79. The molecule has 2 N–H and O–H groups in total. The van der Waals surface area contributed by atoms with E-state index in [1.54, 1.807) is 0 Å². The third-order valence-electron chi connectivity index (χ3n) is 6.28. The van der Waals surface area contributed by atoms with Crippen LogP contribution in [0.15, 0.2) is 61.1 Å². The standard InChI is InChI=1S/C25H29N7/c1-31-17-29-24-21(19-6-4-3-5-7-19)14-20(15-22(24)31)32(2)23-10-13-27-25(30-23)28-16-18-8-11-26-12-9-18/h3-7,10,13-15,17-18,26H,8-9,11-12,16H2,1-2H3,(H,27,28,30). The van der Waals surface area contributed by atoms with Gasteiger partial charge in [-0.15, -0.1) is 0 Å². The normalized spacial score (nSPS) is 14.6.